The lowest BCUT2D eigenvalue weighted by molar-refractivity contribution is -0.149. The maximum absolute atomic E-state index is 11.7. The summed E-state index contributed by atoms with van der Waals surface area (Å²) in [5, 5.41) is 11.7. The van der Waals surface area contributed by atoms with Gasteiger partial charge in [0.1, 0.15) is 0 Å². The van der Waals surface area contributed by atoms with Gasteiger partial charge in [0.05, 0.1) is 6.10 Å². The molecule has 1 rings (SSSR count). The Morgan fingerprint density at radius 1 is 1.41 bits per heavy atom. The van der Waals surface area contributed by atoms with Gasteiger partial charge in [-0.05, 0) is 27.7 Å². The lowest BCUT2D eigenvalue weighted by Gasteiger charge is -2.37. The number of aliphatic hydroxyl groups is 1. The predicted octanol–water partition coefficient (Wildman–Crippen LogP) is 0.103. The van der Waals surface area contributed by atoms with Crippen molar-refractivity contribution in [2.24, 2.45) is 0 Å². The minimum atomic E-state index is -0.829. The summed E-state index contributed by atoms with van der Waals surface area (Å²) in [5.74, 6) is -0.278. The number of aliphatic hydroxyl groups excluding tert-OH is 1. The summed E-state index contributed by atoms with van der Waals surface area (Å²) < 4.78 is 4.96. The van der Waals surface area contributed by atoms with Crippen molar-refractivity contribution in [3.05, 3.63) is 0 Å². The Labute approximate surface area is 101 Å². The lowest BCUT2D eigenvalue weighted by atomic mass is 10.1. The van der Waals surface area contributed by atoms with Crippen LogP contribution < -0.4 is 5.32 Å². The zero-order valence-corrected chi connectivity index (χ0v) is 10.7. The van der Waals surface area contributed by atoms with Crippen LogP contribution in [0.2, 0.25) is 0 Å². The van der Waals surface area contributed by atoms with E-state index in [1.54, 1.807) is 0 Å². The van der Waals surface area contributed by atoms with Gasteiger partial charge in [0.2, 0.25) is 0 Å². The van der Waals surface area contributed by atoms with E-state index in [2.05, 4.69) is 5.32 Å². The van der Waals surface area contributed by atoms with E-state index < -0.39 is 23.8 Å². The second kappa shape index (κ2) is 4.91. The molecule has 0 aromatic carbocycles. The smallest absolute Gasteiger partial charge is 0.408 e. The average Bonchev–Trinajstić information content (AvgIpc) is 2.08. The Morgan fingerprint density at radius 2 is 1.94 bits per heavy atom. The van der Waals surface area contributed by atoms with Crippen molar-refractivity contribution >= 4 is 12.0 Å². The molecule has 1 heterocycles. The molecule has 1 fully saturated rings. The molecule has 0 saturated carbocycles. The molecule has 0 bridgehead atoms. The van der Waals surface area contributed by atoms with Crippen molar-refractivity contribution in [3.8, 4) is 0 Å². The number of carbonyl (C=O) groups is 2. The first-order valence-corrected chi connectivity index (χ1v) is 5.64. The standard InChI is InChI=1S/C11H20N2O4/c1-7(9(15)13-5-8(14)6-13)17-10(16)12-11(2,3)4/h7-8,14H,5-6H2,1-4H3,(H,12,16). The zero-order valence-electron chi connectivity index (χ0n) is 10.7. The first-order chi connectivity index (χ1) is 7.69. The normalized spacial score (nSPS) is 18.3. The summed E-state index contributed by atoms with van der Waals surface area (Å²) in [6.07, 6.45) is -1.89. The molecule has 0 radical (unpaired) electrons. The van der Waals surface area contributed by atoms with Crippen LogP contribution in [0.5, 0.6) is 0 Å². The van der Waals surface area contributed by atoms with Crippen LogP contribution in [0.1, 0.15) is 27.7 Å². The molecule has 6 nitrogen and oxygen atoms in total. The minimum absolute atomic E-state index is 0.278. The van der Waals surface area contributed by atoms with E-state index in [1.165, 1.54) is 11.8 Å². The SMILES string of the molecule is CC(OC(=O)NC(C)(C)C)C(=O)N1CC(O)C1. The van der Waals surface area contributed by atoms with E-state index in [1.807, 2.05) is 20.8 Å². The summed E-state index contributed by atoms with van der Waals surface area (Å²) in [7, 11) is 0. The van der Waals surface area contributed by atoms with Crippen LogP contribution in [0, 0.1) is 0 Å². The molecule has 2 N–H and O–H groups in total. The number of ether oxygens (including phenoxy) is 1. The average molecular weight is 244 g/mol. The molecule has 0 aliphatic carbocycles. The van der Waals surface area contributed by atoms with Crippen molar-refractivity contribution in [1.82, 2.24) is 10.2 Å². The monoisotopic (exact) mass is 244 g/mol. The lowest BCUT2D eigenvalue weighted by Crippen LogP contribution is -2.56. The van der Waals surface area contributed by atoms with Gasteiger partial charge in [0, 0.05) is 18.6 Å². The molecule has 0 spiro atoms. The van der Waals surface area contributed by atoms with Crippen molar-refractivity contribution in [3.63, 3.8) is 0 Å². The molecule has 6 heteroatoms. The Morgan fingerprint density at radius 3 is 2.35 bits per heavy atom. The molecule has 1 atom stereocenters. The summed E-state index contributed by atoms with van der Waals surface area (Å²) in [4.78, 5) is 24.6. The highest BCUT2D eigenvalue weighted by Crippen LogP contribution is 2.11. The zero-order chi connectivity index (χ0) is 13.2. The van der Waals surface area contributed by atoms with Gasteiger partial charge < -0.3 is 20.1 Å². The van der Waals surface area contributed by atoms with Crippen molar-refractivity contribution in [1.29, 1.82) is 0 Å². The number of β-amino-alcohol motifs (C(OH)–C–C–N with tert-alkyl or cyclic N) is 1. The van der Waals surface area contributed by atoms with E-state index in [-0.39, 0.29) is 5.91 Å². The number of alkyl carbamates (subject to hydrolysis) is 1. The third-order valence-corrected chi connectivity index (χ3v) is 2.28. The maximum atomic E-state index is 11.7. The molecular weight excluding hydrogens is 224 g/mol. The van der Waals surface area contributed by atoms with Gasteiger partial charge in [0.25, 0.3) is 5.91 Å². The molecule has 2 amide bonds. The van der Waals surface area contributed by atoms with E-state index in [0.717, 1.165) is 0 Å². The van der Waals surface area contributed by atoms with E-state index in [0.29, 0.717) is 13.1 Å². The van der Waals surface area contributed by atoms with Crippen LogP contribution in [0.15, 0.2) is 0 Å². The third-order valence-electron chi connectivity index (χ3n) is 2.28. The number of likely N-dealkylation sites (tertiary alicyclic amines) is 1. The number of hydrogen-bond acceptors (Lipinski definition) is 4. The third kappa shape index (κ3) is 4.22. The molecule has 1 saturated heterocycles. The second-order valence-corrected chi connectivity index (χ2v) is 5.32. The minimum Gasteiger partial charge on any atom is -0.436 e. The van der Waals surface area contributed by atoms with Crippen LogP contribution >= 0.6 is 0 Å². The topological polar surface area (TPSA) is 78.9 Å². The van der Waals surface area contributed by atoms with Crippen LogP contribution in [0.3, 0.4) is 0 Å². The Kier molecular flexibility index (Phi) is 3.98. The second-order valence-electron chi connectivity index (χ2n) is 5.32. The van der Waals surface area contributed by atoms with Gasteiger partial charge in [-0.2, -0.15) is 0 Å². The first kappa shape index (κ1) is 13.8. The number of rotatable bonds is 2. The molecular formula is C11H20N2O4. The summed E-state index contributed by atoms with van der Waals surface area (Å²) >= 11 is 0. The van der Waals surface area contributed by atoms with Gasteiger partial charge in [-0.15, -0.1) is 0 Å². The summed E-state index contributed by atoms with van der Waals surface area (Å²) in [5.41, 5.74) is -0.396. The number of amides is 2. The molecule has 0 aromatic heterocycles. The van der Waals surface area contributed by atoms with Gasteiger partial charge in [-0.25, -0.2) is 4.79 Å². The van der Waals surface area contributed by atoms with E-state index in [4.69, 9.17) is 9.84 Å². The molecule has 98 valence electrons. The number of hydrogen-bond donors (Lipinski definition) is 2. The van der Waals surface area contributed by atoms with E-state index >= 15 is 0 Å². The Bertz CT molecular complexity index is 305. The van der Waals surface area contributed by atoms with Crippen LogP contribution in [0.4, 0.5) is 4.79 Å². The summed E-state index contributed by atoms with van der Waals surface area (Å²) in [6.45, 7) is 7.63. The number of nitrogens with zero attached hydrogens (tertiary/aromatic N) is 1. The fourth-order valence-corrected chi connectivity index (χ4v) is 1.44. The van der Waals surface area contributed by atoms with Crippen molar-refractivity contribution in [2.75, 3.05) is 13.1 Å². The van der Waals surface area contributed by atoms with E-state index in [9.17, 15) is 9.59 Å². The molecule has 1 unspecified atom stereocenters. The maximum Gasteiger partial charge on any atom is 0.408 e. The highest BCUT2D eigenvalue weighted by molar-refractivity contribution is 5.83. The first-order valence-electron chi connectivity index (χ1n) is 5.64. The predicted molar refractivity (Wildman–Crippen MR) is 61.4 cm³/mol. The highest BCUT2D eigenvalue weighted by Gasteiger charge is 2.33. The number of carbonyl (C=O) groups excluding carboxylic acids is 2. The quantitative estimate of drug-likeness (QED) is 0.722. The molecule has 17 heavy (non-hydrogen) atoms. The van der Waals surface area contributed by atoms with Gasteiger partial charge >= 0.3 is 6.09 Å². The van der Waals surface area contributed by atoms with Gasteiger partial charge in [-0.1, -0.05) is 0 Å². The summed E-state index contributed by atoms with van der Waals surface area (Å²) in [6, 6.07) is 0. The van der Waals surface area contributed by atoms with Crippen LogP contribution in [-0.2, 0) is 9.53 Å². The van der Waals surface area contributed by atoms with Crippen LogP contribution in [-0.4, -0.2) is 52.8 Å². The largest absolute Gasteiger partial charge is 0.436 e. The molecule has 0 aromatic rings. The van der Waals surface area contributed by atoms with Crippen molar-refractivity contribution < 1.29 is 19.4 Å². The van der Waals surface area contributed by atoms with Crippen LogP contribution in [0.25, 0.3) is 0 Å². The fourth-order valence-electron chi connectivity index (χ4n) is 1.44. The Balaban J connectivity index is 2.36. The molecule has 1 aliphatic rings. The number of nitrogens with one attached hydrogen (secondary N) is 1. The van der Waals surface area contributed by atoms with Gasteiger partial charge in [0.15, 0.2) is 6.10 Å². The van der Waals surface area contributed by atoms with Crippen molar-refractivity contribution in [2.45, 2.75) is 45.4 Å². The molecule has 1 aliphatic heterocycles. The Hall–Kier alpha value is -1.30. The highest BCUT2D eigenvalue weighted by atomic mass is 16.6. The van der Waals surface area contributed by atoms with Gasteiger partial charge in [-0.3, -0.25) is 4.79 Å². The fraction of sp³-hybridized carbons (Fsp3) is 0.818.